The number of anilines is 2. The Hall–Kier alpha value is -5.54. The van der Waals surface area contributed by atoms with Crippen molar-refractivity contribution in [2.24, 2.45) is 10.8 Å². The molecule has 0 saturated heterocycles. The van der Waals surface area contributed by atoms with E-state index in [1.807, 2.05) is 26.0 Å². The summed E-state index contributed by atoms with van der Waals surface area (Å²) < 4.78 is 11.4. The summed E-state index contributed by atoms with van der Waals surface area (Å²) in [7, 11) is -0.630. The average molecular weight is 1120 g/mol. The van der Waals surface area contributed by atoms with Gasteiger partial charge in [-0.05, 0) is 176 Å². The van der Waals surface area contributed by atoms with E-state index >= 15 is 0 Å². The number of hydrogen-bond acceptors (Lipinski definition) is 7. The van der Waals surface area contributed by atoms with E-state index in [2.05, 4.69) is 205 Å². The van der Waals surface area contributed by atoms with Crippen LogP contribution < -0.4 is 10.6 Å². The minimum absolute atomic E-state index is 0.00741. The fourth-order valence-electron chi connectivity index (χ4n) is 10.1. The Morgan fingerprint density at radius 1 is 0.588 bits per heavy atom. The number of carboxylic acids is 1. The normalized spacial score (nSPS) is 13.0. The number of aliphatic hydroxyl groups excluding tert-OH is 1. The summed E-state index contributed by atoms with van der Waals surface area (Å²) in [5.41, 5.74) is 12.8. The van der Waals surface area contributed by atoms with Gasteiger partial charge in [-0.15, -0.1) is 0 Å². The number of benzene rings is 4. The SMILES string of the molecule is CCC(CC)(c1ccc(C#CC(O[Si](C)(C)C(C)(C)C)C(C)(C)C)c(C)c1)c1ccc(NC(=O)CCCC(=O)O)c(C)c1.CCC(CC)(c1ccc(CCC(O)C(C)(C)C)c(C)c1)c1ccc(NC(=O)CCCC(=O)OC)c(C)c1. The lowest BCUT2D eigenvalue weighted by Crippen LogP contribution is -2.46. The highest BCUT2D eigenvalue weighted by Gasteiger charge is 2.41. The molecular weight excluding hydrogens is 1010 g/mol. The van der Waals surface area contributed by atoms with Crippen molar-refractivity contribution in [3.8, 4) is 11.8 Å². The number of aliphatic hydroxyl groups is 1. The molecule has 0 heterocycles. The number of carboxylic acid groups (broad SMARTS) is 1. The zero-order valence-corrected chi connectivity index (χ0v) is 53.9. The molecule has 0 aromatic heterocycles. The first kappa shape index (κ1) is 68.7. The molecule has 0 aliphatic rings. The van der Waals surface area contributed by atoms with Gasteiger partial charge in [-0.1, -0.05) is 156 Å². The summed E-state index contributed by atoms with van der Waals surface area (Å²) in [5, 5.41) is 25.4. The topological polar surface area (TPSA) is 151 Å². The maximum atomic E-state index is 12.4. The van der Waals surface area contributed by atoms with Crippen LogP contribution in [-0.4, -0.2) is 61.6 Å². The molecule has 0 aliphatic heterocycles. The molecule has 11 heteroatoms. The molecule has 0 saturated carbocycles. The zero-order chi connectivity index (χ0) is 60.6. The molecule has 4 rings (SSSR count). The highest BCUT2D eigenvalue weighted by atomic mass is 28.4. The van der Waals surface area contributed by atoms with Crippen LogP contribution in [-0.2, 0) is 45.6 Å². The van der Waals surface area contributed by atoms with Gasteiger partial charge in [-0.2, -0.15) is 0 Å². The van der Waals surface area contributed by atoms with Crippen molar-refractivity contribution in [1.82, 2.24) is 0 Å². The first-order valence-corrected chi connectivity index (χ1v) is 32.2. The van der Waals surface area contributed by atoms with E-state index in [-0.39, 0.29) is 82.4 Å². The van der Waals surface area contributed by atoms with Gasteiger partial charge in [-0.25, -0.2) is 0 Å². The van der Waals surface area contributed by atoms with Gasteiger partial charge >= 0.3 is 11.9 Å². The van der Waals surface area contributed by atoms with Gasteiger partial charge in [0.05, 0.1) is 13.2 Å². The van der Waals surface area contributed by atoms with Crippen LogP contribution in [0.4, 0.5) is 11.4 Å². The molecule has 0 bridgehead atoms. The summed E-state index contributed by atoms with van der Waals surface area (Å²) in [4.78, 5) is 46.8. The van der Waals surface area contributed by atoms with Gasteiger partial charge in [0, 0.05) is 53.5 Å². The van der Waals surface area contributed by atoms with E-state index in [0.29, 0.717) is 12.8 Å². The number of carbonyl (C=O) groups excluding carboxylic acids is 3. The first-order chi connectivity index (χ1) is 37.1. The number of ether oxygens (including phenoxy) is 1. The van der Waals surface area contributed by atoms with Crippen molar-refractivity contribution < 1.29 is 38.6 Å². The minimum Gasteiger partial charge on any atom is -0.481 e. The third-order valence-electron chi connectivity index (χ3n) is 17.0. The Morgan fingerprint density at radius 3 is 1.39 bits per heavy atom. The van der Waals surface area contributed by atoms with Gasteiger partial charge in [-0.3, -0.25) is 19.2 Å². The highest BCUT2D eigenvalue weighted by Crippen LogP contribution is 2.43. The van der Waals surface area contributed by atoms with Crippen molar-refractivity contribution >= 4 is 43.4 Å². The summed E-state index contributed by atoms with van der Waals surface area (Å²) in [5.74, 6) is 5.55. The zero-order valence-electron chi connectivity index (χ0n) is 52.9. The third kappa shape index (κ3) is 18.8. The molecule has 80 heavy (non-hydrogen) atoms. The number of aliphatic carboxylic acids is 1. The van der Waals surface area contributed by atoms with Crippen molar-refractivity contribution in [2.75, 3.05) is 17.7 Å². The number of rotatable bonds is 23. The molecule has 4 N–H and O–H groups in total. The van der Waals surface area contributed by atoms with Crippen molar-refractivity contribution in [2.45, 2.75) is 236 Å². The van der Waals surface area contributed by atoms with Crippen LogP contribution >= 0.6 is 0 Å². The summed E-state index contributed by atoms with van der Waals surface area (Å²) in [6.07, 6.45) is 6.42. The molecule has 2 amide bonds. The van der Waals surface area contributed by atoms with Crippen LogP contribution in [0.15, 0.2) is 72.8 Å². The fraction of sp³-hybridized carbons (Fsp3) is 0.565. The number of hydrogen-bond donors (Lipinski definition) is 4. The summed E-state index contributed by atoms with van der Waals surface area (Å²) in [6, 6.07) is 26.1. The maximum absolute atomic E-state index is 12.4. The number of methoxy groups -OCH3 is 1. The van der Waals surface area contributed by atoms with Gasteiger partial charge in [0.1, 0.15) is 6.10 Å². The quantitative estimate of drug-likeness (QED) is 0.0326. The van der Waals surface area contributed by atoms with Crippen LogP contribution in [0.3, 0.4) is 0 Å². The third-order valence-corrected chi connectivity index (χ3v) is 21.5. The standard InChI is InChI=1S/C37H55NO4Si.C32H47NO4/c1-13-37(14-2,30-21-22-31(27(4)25-30)38-33(39)16-15-17-34(40)41)29-20-18-28(26(3)24-29)19-23-32(35(5,6)7)42-43(11,12)36(8,9)10;1-9-32(10-2,25-16-14-24(22(3)20-25)15-19-28(34)31(5,6)7)26-17-18-27(23(4)21-26)33-29(35)12-11-13-30(36)37-8/h18,20-22,24-25,32H,13-17H2,1-12H3,(H,38,39)(H,40,41);14,16-18,20-21,28,34H,9-13,15,19H2,1-8H3,(H,33,35). The molecule has 440 valence electrons. The van der Waals surface area contributed by atoms with E-state index in [1.165, 1.54) is 40.5 Å². The Balaban J connectivity index is 0.000000425. The van der Waals surface area contributed by atoms with Crippen LogP contribution in [0.2, 0.25) is 18.1 Å². The van der Waals surface area contributed by atoms with E-state index < -0.39 is 14.3 Å². The number of aryl methyl sites for hydroxylation is 5. The first-order valence-electron chi connectivity index (χ1n) is 29.3. The average Bonchev–Trinajstić information content (AvgIpc) is 3.37. The molecular formula is C69H102N2O8Si. The molecule has 2 atom stereocenters. The van der Waals surface area contributed by atoms with Gasteiger partial charge in [0.25, 0.3) is 0 Å². The second-order valence-corrected chi connectivity index (χ2v) is 30.7. The minimum atomic E-state index is -1.99. The Kier molecular flexibility index (Phi) is 25.3. The second kappa shape index (κ2) is 29.4. The number of carbonyl (C=O) groups is 4. The van der Waals surface area contributed by atoms with Crippen LogP contribution in [0, 0.1) is 50.4 Å². The second-order valence-electron chi connectivity index (χ2n) is 25.9. The van der Waals surface area contributed by atoms with Crippen molar-refractivity contribution in [1.29, 1.82) is 0 Å². The maximum Gasteiger partial charge on any atom is 0.305 e. The van der Waals surface area contributed by atoms with Crippen LogP contribution in [0.1, 0.15) is 216 Å². The molecule has 0 fully saturated rings. The molecule has 2 unspecified atom stereocenters. The predicted molar refractivity (Wildman–Crippen MR) is 334 cm³/mol. The van der Waals surface area contributed by atoms with Gasteiger partial charge < -0.3 is 30.0 Å². The fourth-order valence-corrected chi connectivity index (χ4v) is 11.5. The largest absolute Gasteiger partial charge is 0.481 e. The van der Waals surface area contributed by atoms with Crippen molar-refractivity contribution in [3.63, 3.8) is 0 Å². The highest BCUT2D eigenvalue weighted by molar-refractivity contribution is 6.74. The lowest BCUT2D eigenvalue weighted by molar-refractivity contribution is -0.141. The van der Waals surface area contributed by atoms with E-state index in [9.17, 15) is 24.3 Å². The molecule has 10 nitrogen and oxygen atoms in total. The number of nitrogens with one attached hydrogen (secondary N) is 2. The monoisotopic (exact) mass is 1110 g/mol. The molecule has 0 spiro atoms. The van der Waals surface area contributed by atoms with E-state index in [0.717, 1.165) is 72.2 Å². The predicted octanol–water partition coefficient (Wildman–Crippen LogP) is 16.4. The van der Waals surface area contributed by atoms with E-state index in [1.54, 1.807) is 0 Å². The number of amides is 2. The lowest BCUT2D eigenvalue weighted by atomic mass is 9.69. The van der Waals surface area contributed by atoms with Gasteiger partial charge in [0.2, 0.25) is 11.8 Å². The Morgan fingerprint density at radius 2 is 1.01 bits per heavy atom. The molecule has 4 aromatic rings. The van der Waals surface area contributed by atoms with Crippen molar-refractivity contribution in [3.05, 3.63) is 128 Å². The Labute approximate surface area is 484 Å². The van der Waals surface area contributed by atoms with Crippen LogP contribution in [0.25, 0.3) is 0 Å². The lowest BCUT2D eigenvalue weighted by Gasteiger charge is -2.41. The summed E-state index contributed by atoms with van der Waals surface area (Å²) >= 11 is 0. The Bertz CT molecular complexity index is 2790. The molecule has 0 aliphatic carbocycles. The smallest absolute Gasteiger partial charge is 0.305 e. The molecule has 0 radical (unpaired) electrons. The van der Waals surface area contributed by atoms with Crippen LogP contribution in [0.5, 0.6) is 0 Å². The van der Waals surface area contributed by atoms with Gasteiger partial charge in [0.15, 0.2) is 8.32 Å². The van der Waals surface area contributed by atoms with E-state index in [4.69, 9.17) is 9.53 Å². The number of esters is 1. The molecule has 4 aromatic carbocycles. The summed E-state index contributed by atoms with van der Waals surface area (Å²) in [6.45, 7) is 41.5.